The van der Waals surface area contributed by atoms with E-state index in [1.165, 1.54) is 12.8 Å². The average molecular weight is 254 g/mol. The van der Waals surface area contributed by atoms with Crippen LogP contribution in [0.15, 0.2) is 18.3 Å². The number of thiol groups is 1. The lowest BCUT2D eigenvalue weighted by atomic mass is 10.2. The van der Waals surface area contributed by atoms with E-state index in [-0.39, 0.29) is 0 Å². The van der Waals surface area contributed by atoms with Gasteiger partial charge in [-0.25, -0.2) is 4.98 Å². The molecule has 3 nitrogen and oxygen atoms in total. The van der Waals surface area contributed by atoms with Gasteiger partial charge in [0.2, 0.25) is 5.88 Å². The molecule has 0 amide bonds. The fourth-order valence-electron chi connectivity index (χ4n) is 1.45. The Hall–Kier alpha value is -0.740. The molecule has 0 radical (unpaired) electrons. The van der Waals surface area contributed by atoms with Crippen LogP contribution in [0.5, 0.6) is 5.88 Å². The lowest BCUT2D eigenvalue weighted by Crippen LogP contribution is -2.17. The van der Waals surface area contributed by atoms with Crippen molar-refractivity contribution in [3.8, 4) is 5.88 Å². The number of hydrogen-bond acceptors (Lipinski definition) is 4. The Morgan fingerprint density at radius 3 is 2.82 bits per heavy atom. The Bertz CT molecular complexity index is 290. The first-order chi connectivity index (χ1) is 8.33. The minimum absolute atomic E-state index is 0.726. The van der Waals surface area contributed by atoms with E-state index >= 15 is 0 Å². The highest BCUT2D eigenvalue weighted by atomic mass is 32.1. The van der Waals surface area contributed by atoms with E-state index in [1.807, 2.05) is 25.3 Å². The summed E-state index contributed by atoms with van der Waals surface area (Å²) in [5.41, 5.74) is 1.16. The van der Waals surface area contributed by atoms with E-state index in [0.29, 0.717) is 0 Å². The Morgan fingerprint density at radius 2 is 2.12 bits per heavy atom. The van der Waals surface area contributed by atoms with E-state index in [0.717, 1.165) is 43.3 Å². The second kappa shape index (κ2) is 9.31. The van der Waals surface area contributed by atoms with Crippen LogP contribution in [-0.4, -0.2) is 30.4 Å². The van der Waals surface area contributed by atoms with Gasteiger partial charge in [0.15, 0.2) is 0 Å². The van der Waals surface area contributed by atoms with Gasteiger partial charge in [0.05, 0.1) is 6.61 Å². The number of unbranched alkanes of at least 4 members (excludes halogenated alkanes) is 2. The summed E-state index contributed by atoms with van der Waals surface area (Å²) in [5, 5.41) is 3.32. The van der Waals surface area contributed by atoms with Crippen molar-refractivity contribution >= 4 is 12.6 Å². The SMILES string of the molecule is Cc1ccc(OCCCCCNCCS)nc1. The van der Waals surface area contributed by atoms with Crippen LogP contribution >= 0.6 is 12.6 Å². The van der Waals surface area contributed by atoms with Crippen LogP contribution in [0.1, 0.15) is 24.8 Å². The molecule has 0 aliphatic heterocycles. The van der Waals surface area contributed by atoms with Crippen molar-refractivity contribution in [2.24, 2.45) is 0 Å². The fourth-order valence-corrected chi connectivity index (χ4v) is 1.61. The van der Waals surface area contributed by atoms with Crippen LogP contribution in [0.4, 0.5) is 0 Å². The number of hydrogen-bond donors (Lipinski definition) is 2. The highest BCUT2D eigenvalue weighted by Crippen LogP contribution is 2.07. The highest BCUT2D eigenvalue weighted by molar-refractivity contribution is 7.80. The first-order valence-corrected chi connectivity index (χ1v) is 6.83. The molecule has 0 aromatic carbocycles. The molecule has 17 heavy (non-hydrogen) atoms. The van der Waals surface area contributed by atoms with Gasteiger partial charge in [-0.15, -0.1) is 0 Å². The van der Waals surface area contributed by atoms with Gasteiger partial charge in [0.1, 0.15) is 0 Å². The fraction of sp³-hybridized carbons (Fsp3) is 0.615. The third-order valence-electron chi connectivity index (χ3n) is 2.42. The first-order valence-electron chi connectivity index (χ1n) is 6.20. The molecule has 1 heterocycles. The Morgan fingerprint density at radius 1 is 1.24 bits per heavy atom. The van der Waals surface area contributed by atoms with Crippen molar-refractivity contribution < 1.29 is 4.74 Å². The quantitative estimate of drug-likeness (QED) is 0.525. The van der Waals surface area contributed by atoms with E-state index in [2.05, 4.69) is 22.9 Å². The topological polar surface area (TPSA) is 34.1 Å². The van der Waals surface area contributed by atoms with Crippen LogP contribution in [0, 0.1) is 6.92 Å². The maximum atomic E-state index is 5.54. The molecule has 0 aliphatic rings. The van der Waals surface area contributed by atoms with Crippen LogP contribution in [-0.2, 0) is 0 Å². The van der Waals surface area contributed by atoms with E-state index in [4.69, 9.17) is 4.74 Å². The minimum Gasteiger partial charge on any atom is -0.478 e. The monoisotopic (exact) mass is 254 g/mol. The van der Waals surface area contributed by atoms with Crippen molar-refractivity contribution in [3.05, 3.63) is 23.9 Å². The first kappa shape index (κ1) is 14.3. The highest BCUT2D eigenvalue weighted by Gasteiger charge is 1.95. The molecule has 1 aromatic heterocycles. The van der Waals surface area contributed by atoms with Crippen molar-refractivity contribution in [3.63, 3.8) is 0 Å². The van der Waals surface area contributed by atoms with Gasteiger partial charge in [-0.1, -0.05) is 6.07 Å². The summed E-state index contributed by atoms with van der Waals surface area (Å²) in [6.45, 7) is 4.84. The predicted molar refractivity (Wildman–Crippen MR) is 75.0 cm³/mol. The maximum absolute atomic E-state index is 5.54. The van der Waals surface area contributed by atoms with Crippen molar-refractivity contribution in [2.75, 3.05) is 25.4 Å². The van der Waals surface area contributed by atoms with E-state index in [1.54, 1.807) is 0 Å². The van der Waals surface area contributed by atoms with Gasteiger partial charge in [0.25, 0.3) is 0 Å². The summed E-state index contributed by atoms with van der Waals surface area (Å²) in [7, 11) is 0. The molecule has 0 fully saturated rings. The molecule has 1 N–H and O–H groups in total. The maximum Gasteiger partial charge on any atom is 0.213 e. The van der Waals surface area contributed by atoms with Gasteiger partial charge in [-0.3, -0.25) is 0 Å². The van der Waals surface area contributed by atoms with Crippen molar-refractivity contribution in [2.45, 2.75) is 26.2 Å². The van der Waals surface area contributed by atoms with Crippen molar-refractivity contribution in [1.82, 2.24) is 10.3 Å². The number of nitrogens with zero attached hydrogens (tertiary/aromatic N) is 1. The number of aromatic nitrogens is 1. The summed E-state index contributed by atoms with van der Waals surface area (Å²) in [6.07, 6.45) is 5.29. The zero-order chi connectivity index (χ0) is 12.3. The number of rotatable bonds is 9. The molecular formula is C13H22N2OS. The average Bonchev–Trinajstić information content (AvgIpc) is 2.35. The van der Waals surface area contributed by atoms with Crippen LogP contribution in [0.2, 0.25) is 0 Å². The number of pyridine rings is 1. The van der Waals surface area contributed by atoms with Gasteiger partial charge in [-0.05, 0) is 38.3 Å². The second-order valence-corrected chi connectivity index (χ2v) is 4.50. The molecule has 0 bridgehead atoms. The standard InChI is InChI=1S/C13H22N2OS/c1-12-5-6-13(15-11-12)16-9-4-2-3-7-14-8-10-17/h5-6,11,14,17H,2-4,7-10H2,1H3. The number of ether oxygens (including phenoxy) is 1. The van der Waals surface area contributed by atoms with Crippen LogP contribution in [0.25, 0.3) is 0 Å². The third-order valence-corrected chi connectivity index (χ3v) is 2.64. The molecule has 96 valence electrons. The smallest absolute Gasteiger partial charge is 0.213 e. The van der Waals surface area contributed by atoms with Gasteiger partial charge in [0, 0.05) is 24.6 Å². The van der Waals surface area contributed by atoms with Crippen LogP contribution in [0.3, 0.4) is 0 Å². The van der Waals surface area contributed by atoms with E-state index < -0.39 is 0 Å². The largest absolute Gasteiger partial charge is 0.478 e. The Labute approximate surface area is 109 Å². The molecule has 1 rings (SSSR count). The Kier molecular flexibility index (Phi) is 7.84. The number of aryl methyl sites for hydroxylation is 1. The number of nitrogens with one attached hydrogen (secondary N) is 1. The Balaban J connectivity index is 1.95. The summed E-state index contributed by atoms with van der Waals surface area (Å²) < 4.78 is 5.54. The zero-order valence-electron chi connectivity index (χ0n) is 10.5. The summed E-state index contributed by atoms with van der Waals surface area (Å²) in [4.78, 5) is 4.19. The summed E-state index contributed by atoms with van der Waals surface area (Å²) in [6, 6.07) is 3.94. The van der Waals surface area contributed by atoms with Gasteiger partial charge >= 0.3 is 0 Å². The molecule has 0 saturated carbocycles. The molecule has 0 atom stereocenters. The third kappa shape index (κ3) is 7.23. The lowest BCUT2D eigenvalue weighted by molar-refractivity contribution is 0.293. The minimum atomic E-state index is 0.726. The summed E-state index contributed by atoms with van der Waals surface area (Å²) in [5.74, 6) is 1.63. The molecule has 0 saturated heterocycles. The lowest BCUT2D eigenvalue weighted by Gasteiger charge is -2.05. The molecular weight excluding hydrogens is 232 g/mol. The normalized spacial score (nSPS) is 10.5. The molecule has 0 spiro atoms. The zero-order valence-corrected chi connectivity index (χ0v) is 11.4. The van der Waals surface area contributed by atoms with Gasteiger partial charge in [-0.2, -0.15) is 12.6 Å². The summed E-state index contributed by atoms with van der Waals surface area (Å²) >= 11 is 4.14. The molecule has 4 heteroatoms. The van der Waals surface area contributed by atoms with Crippen LogP contribution < -0.4 is 10.1 Å². The van der Waals surface area contributed by atoms with Crippen molar-refractivity contribution in [1.29, 1.82) is 0 Å². The molecule has 0 aliphatic carbocycles. The molecule has 1 aromatic rings. The molecule has 0 unspecified atom stereocenters. The van der Waals surface area contributed by atoms with E-state index in [9.17, 15) is 0 Å². The van der Waals surface area contributed by atoms with Gasteiger partial charge < -0.3 is 10.1 Å². The predicted octanol–water partition coefficient (Wildman–Crippen LogP) is 2.46. The second-order valence-electron chi connectivity index (χ2n) is 4.06.